The molecular formula is C22H26N4O3. The van der Waals surface area contributed by atoms with Crippen LogP contribution in [0.5, 0.6) is 11.5 Å². The van der Waals surface area contributed by atoms with Gasteiger partial charge >= 0.3 is 6.03 Å². The number of carbonyl (C=O) groups excluding carboxylic acids is 1. The van der Waals surface area contributed by atoms with Crippen LogP contribution in [0.2, 0.25) is 0 Å². The van der Waals surface area contributed by atoms with Crippen molar-refractivity contribution >= 4 is 6.03 Å². The summed E-state index contributed by atoms with van der Waals surface area (Å²) in [6, 6.07) is 15.5. The molecule has 0 bridgehead atoms. The van der Waals surface area contributed by atoms with E-state index in [0.717, 1.165) is 16.8 Å². The highest BCUT2D eigenvalue weighted by Gasteiger charge is 2.11. The minimum Gasteiger partial charge on any atom is -0.493 e. The maximum atomic E-state index is 12.4. The zero-order valence-electron chi connectivity index (χ0n) is 17.0. The lowest BCUT2D eigenvalue weighted by atomic mass is 10.1. The van der Waals surface area contributed by atoms with Gasteiger partial charge in [0.1, 0.15) is 0 Å². The zero-order chi connectivity index (χ0) is 20.6. The molecule has 7 nitrogen and oxygen atoms in total. The van der Waals surface area contributed by atoms with Crippen LogP contribution in [-0.2, 0) is 13.0 Å². The van der Waals surface area contributed by atoms with E-state index in [9.17, 15) is 4.79 Å². The molecule has 0 radical (unpaired) electrons. The van der Waals surface area contributed by atoms with Crippen molar-refractivity contribution in [1.82, 2.24) is 20.0 Å². The average molecular weight is 394 g/mol. The van der Waals surface area contributed by atoms with Crippen LogP contribution in [0.25, 0.3) is 5.69 Å². The number of nitrogens with one attached hydrogen (secondary N) is 1. The molecule has 29 heavy (non-hydrogen) atoms. The minimum atomic E-state index is -0.127. The van der Waals surface area contributed by atoms with Gasteiger partial charge in [0.05, 0.1) is 32.6 Å². The Bertz CT molecular complexity index is 940. The number of hydrogen-bond donors (Lipinski definition) is 1. The number of methoxy groups -OCH3 is 2. The molecule has 7 heteroatoms. The summed E-state index contributed by atoms with van der Waals surface area (Å²) in [5.74, 6) is 1.37. The van der Waals surface area contributed by atoms with Crippen LogP contribution in [0.3, 0.4) is 0 Å². The van der Waals surface area contributed by atoms with Crippen LogP contribution >= 0.6 is 0 Å². The topological polar surface area (TPSA) is 68.6 Å². The molecule has 0 aliphatic carbocycles. The Hall–Kier alpha value is -3.48. The fourth-order valence-corrected chi connectivity index (χ4v) is 2.99. The molecule has 0 saturated carbocycles. The summed E-state index contributed by atoms with van der Waals surface area (Å²) in [7, 11) is 4.99. The third-order valence-electron chi connectivity index (χ3n) is 4.56. The molecule has 0 aliphatic heterocycles. The third-order valence-corrected chi connectivity index (χ3v) is 4.56. The van der Waals surface area contributed by atoms with Gasteiger partial charge in [-0.15, -0.1) is 0 Å². The van der Waals surface area contributed by atoms with Crippen molar-refractivity contribution in [3.8, 4) is 17.2 Å². The first-order valence-electron chi connectivity index (χ1n) is 9.39. The summed E-state index contributed by atoms with van der Waals surface area (Å²) < 4.78 is 12.4. The molecule has 1 N–H and O–H groups in total. The van der Waals surface area contributed by atoms with Gasteiger partial charge in [-0.3, -0.25) is 0 Å². The maximum absolute atomic E-state index is 12.4. The Morgan fingerprint density at radius 2 is 1.83 bits per heavy atom. The smallest absolute Gasteiger partial charge is 0.317 e. The highest BCUT2D eigenvalue weighted by molar-refractivity contribution is 5.73. The summed E-state index contributed by atoms with van der Waals surface area (Å²) in [5, 5.41) is 7.31. The average Bonchev–Trinajstić information content (AvgIpc) is 3.22. The number of rotatable bonds is 8. The quantitative estimate of drug-likeness (QED) is 0.637. The molecule has 2 amide bonds. The first-order chi connectivity index (χ1) is 14.1. The summed E-state index contributed by atoms with van der Waals surface area (Å²) in [4.78, 5) is 14.0. The van der Waals surface area contributed by atoms with E-state index in [0.29, 0.717) is 31.0 Å². The van der Waals surface area contributed by atoms with E-state index in [4.69, 9.17) is 9.47 Å². The lowest BCUT2D eigenvalue weighted by Crippen LogP contribution is -2.37. The van der Waals surface area contributed by atoms with E-state index in [2.05, 4.69) is 10.4 Å². The number of carbonyl (C=O) groups is 1. The number of amides is 2. The van der Waals surface area contributed by atoms with Crippen molar-refractivity contribution in [1.29, 1.82) is 0 Å². The Morgan fingerprint density at radius 1 is 1.07 bits per heavy atom. The molecule has 0 fully saturated rings. The Kier molecular flexibility index (Phi) is 6.73. The van der Waals surface area contributed by atoms with Gasteiger partial charge in [-0.1, -0.05) is 24.3 Å². The standard InChI is InChI=1S/C22H26N4O3/c1-25(15-18-14-24-26(16-18)19-7-5-4-6-8-19)22(27)23-12-11-17-9-10-20(28-2)21(13-17)29-3/h4-10,13-14,16H,11-12,15H2,1-3H3,(H,23,27). The molecule has 0 spiro atoms. The lowest BCUT2D eigenvalue weighted by Gasteiger charge is -2.17. The molecule has 2 aromatic carbocycles. The van der Waals surface area contributed by atoms with E-state index in [1.54, 1.807) is 37.0 Å². The summed E-state index contributed by atoms with van der Waals surface area (Å²) in [5.41, 5.74) is 3.02. The van der Waals surface area contributed by atoms with Crippen LogP contribution < -0.4 is 14.8 Å². The van der Waals surface area contributed by atoms with Gasteiger partial charge in [0, 0.05) is 25.4 Å². The van der Waals surface area contributed by atoms with Crippen LogP contribution in [0.15, 0.2) is 60.9 Å². The molecule has 3 aromatic rings. The van der Waals surface area contributed by atoms with E-state index in [1.165, 1.54) is 0 Å². The molecule has 3 rings (SSSR count). The second-order valence-electron chi connectivity index (χ2n) is 6.66. The second kappa shape index (κ2) is 9.64. The third kappa shape index (κ3) is 5.28. The number of benzene rings is 2. The van der Waals surface area contributed by atoms with E-state index < -0.39 is 0 Å². The van der Waals surface area contributed by atoms with Crippen molar-refractivity contribution in [3.63, 3.8) is 0 Å². The van der Waals surface area contributed by atoms with E-state index in [-0.39, 0.29) is 6.03 Å². The van der Waals surface area contributed by atoms with Crippen LogP contribution in [0.1, 0.15) is 11.1 Å². The molecular weight excluding hydrogens is 368 g/mol. The van der Waals surface area contributed by atoms with Crippen LogP contribution in [0.4, 0.5) is 4.79 Å². The molecule has 0 atom stereocenters. The fourth-order valence-electron chi connectivity index (χ4n) is 2.99. The minimum absolute atomic E-state index is 0.127. The molecule has 1 heterocycles. The van der Waals surface area contributed by atoms with Gasteiger partial charge in [-0.05, 0) is 36.2 Å². The van der Waals surface area contributed by atoms with Crippen molar-refractivity contribution in [2.24, 2.45) is 0 Å². The Labute approximate surface area is 170 Å². The monoisotopic (exact) mass is 394 g/mol. The van der Waals surface area contributed by atoms with Gasteiger partial charge in [0.25, 0.3) is 0 Å². The van der Waals surface area contributed by atoms with E-state index in [1.807, 2.05) is 54.7 Å². The van der Waals surface area contributed by atoms with Crippen molar-refractivity contribution in [3.05, 3.63) is 72.1 Å². The molecule has 1 aromatic heterocycles. The number of urea groups is 1. The zero-order valence-corrected chi connectivity index (χ0v) is 17.0. The van der Waals surface area contributed by atoms with Gasteiger partial charge in [-0.25, -0.2) is 9.48 Å². The molecule has 0 aliphatic rings. The molecule has 0 saturated heterocycles. The van der Waals surface area contributed by atoms with Gasteiger partial charge in [0.2, 0.25) is 0 Å². The first-order valence-corrected chi connectivity index (χ1v) is 9.39. The van der Waals surface area contributed by atoms with Crippen molar-refractivity contribution < 1.29 is 14.3 Å². The maximum Gasteiger partial charge on any atom is 0.317 e. The lowest BCUT2D eigenvalue weighted by molar-refractivity contribution is 0.207. The highest BCUT2D eigenvalue weighted by atomic mass is 16.5. The number of ether oxygens (including phenoxy) is 2. The number of nitrogens with zero attached hydrogens (tertiary/aromatic N) is 3. The number of para-hydroxylation sites is 1. The van der Waals surface area contributed by atoms with E-state index >= 15 is 0 Å². The van der Waals surface area contributed by atoms with Gasteiger partial charge < -0.3 is 19.7 Å². The largest absolute Gasteiger partial charge is 0.493 e. The van der Waals surface area contributed by atoms with Gasteiger partial charge in [0.15, 0.2) is 11.5 Å². The first kappa shape index (κ1) is 20.3. The van der Waals surface area contributed by atoms with Crippen LogP contribution in [0, 0.1) is 0 Å². The summed E-state index contributed by atoms with van der Waals surface area (Å²) >= 11 is 0. The summed E-state index contributed by atoms with van der Waals surface area (Å²) in [6.07, 6.45) is 4.41. The predicted molar refractivity (Wildman–Crippen MR) is 112 cm³/mol. The SMILES string of the molecule is COc1ccc(CCNC(=O)N(C)Cc2cnn(-c3ccccc3)c2)cc1OC. The van der Waals surface area contributed by atoms with Gasteiger partial charge in [-0.2, -0.15) is 5.10 Å². The fraction of sp³-hybridized carbons (Fsp3) is 0.273. The Balaban J connectivity index is 1.49. The number of hydrogen-bond acceptors (Lipinski definition) is 4. The highest BCUT2D eigenvalue weighted by Crippen LogP contribution is 2.27. The van der Waals surface area contributed by atoms with Crippen LogP contribution in [-0.4, -0.2) is 48.5 Å². The molecule has 152 valence electrons. The summed E-state index contributed by atoms with van der Waals surface area (Å²) in [6.45, 7) is 1.01. The van der Waals surface area contributed by atoms with Crippen molar-refractivity contribution in [2.45, 2.75) is 13.0 Å². The normalized spacial score (nSPS) is 10.4. The van der Waals surface area contributed by atoms with Crippen molar-refractivity contribution in [2.75, 3.05) is 27.8 Å². The second-order valence-corrected chi connectivity index (χ2v) is 6.66. The number of aromatic nitrogens is 2. The Morgan fingerprint density at radius 3 is 2.55 bits per heavy atom. The predicted octanol–water partition coefficient (Wildman–Crippen LogP) is 3.27. The molecule has 0 unspecified atom stereocenters.